The monoisotopic (exact) mass is 237 g/mol. The van der Waals surface area contributed by atoms with Gasteiger partial charge in [0.25, 0.3) is 0 Å². The highest BCUT2D eigenvalue weighted by Crippen LogP contribution is 2.04. The largest absolute Gasteiger partial charge is 0.381 e. The van der Waals surface area contributed by atoms with Gasteiger partial charge in [0.05, 0.1) is 0 Å². The molecule has 1 N–H and O–H groups in total. The second kappa shape index (κ2) is 8.01. The Morgan fingerprint density at radius 3 is 2.88 bits per heavy atom. The van der Waals surface area contributed by atoms with Gasteiger partial charge in [0, 0.05) is 31.5 Å². The summed E-state index contributed by atoms with van der Waals surface area (Å²) in [5.74, 6) is 1.51. The van der Waals surface area contributed by atoms with E-state index in [4.69, 9.17) is 4.74 Å². The molecule has 0 bridgehead atoms. The van der Waals surface area contributed by atoms with Gasteiger partial charge < -0.3 is 10.1 Å². The van der Waals surface area contributed by atoms with Crippen molar-refractivity contribution in [3.63, 3.8) is 0 Å². The number of rotatable bonds is 8. The van der Waals surface area contributed by atoms with Gasteiger partial charge in [-0.25, -0.2) is 9.97 Å². The van der Waals surface area contributed by atoms with E-state index in [0.29, 0.717) is 5.92 Å². The third-order valence-corrected chi connectivity index (χ3v) is 2.31. The molecule has 96 valence electrons. The molecule has 0 fully saturated rings. The molecule has 1 heterocycles. The highest BCUT2D eigenvalue weighted by Gasteiger charge is 1.97. The van der Waals surface area contributed by atoms with Crippen LogP contribution in [0.4, 0.5) is 5.82 Å². The Labute approximate surface area is 104 Å². The van der Waals surface area contributed by atoms with Crippen molar-refractivity contribution in [2.24, 2.45) is 5.92 Å². The molecule has 17 heavy (non-hydrogen) atoms. The minimum absolute atomic E-state index is 0.608. The van der Waals surface area contributed by atoms with Crippen molar-refractivity contribution >= 4 is 5.82 Å². The number of nitrogens with zero attached hydrogens (tertiary/aromatic N) is 2. The minimum atomic E-state index is 0.608. The molecule has 0 atom stereocenters. The topological polar surface area (TPSA) is 47.0 Å². The zero-order chi connectivity index (χ0) is 12.5. The van der Waals surface area contributed by atoms with Crippen LogP contribution in [0.15, 0.2) is 12.4 Å². The van der Waals surface area contributed by atoms with Crippen LogP contribution in [0.2, 0.25) is 0 Å². The van der Waals surface area contributed by atoms with Gasteiger partial charge in [-0.1, -0.05) is 20.8 Å². The summed E-state index contributed by atoms with van der Waals surface area (Å²) in [5.41, 5.74) is 1.07. The molecule has 0 aromatic carbocycles. The van der Waals surface area contributed by atoms with E-state index in [9.17, 15) is 0 Å². The highest BCUT2D eigenvalue weighted by molar-refractivity contribution is 5.34. The fraction of sp³-hybridized carbons (Fsp3) is 0.692. The van der Waals surface area contributed by atoms with E-state index in [0.717, 1.165) is 44.1 Å². The van der Waals surface area contributed by atoms with E-state index in [1.165, 1.54) is 0 Å². The first-order chi connectivity index (χ1) is 8.22. The van der Waals surface area contributed by atoms with Crippen LogP contribution in [-0.4, -0.2) is 29.7 Å². The Balaban J connectivity index is 2.13. The lowest BCUT2D eigenvalue weighted by Gasteiger charge is -2.08. The van der Waals surface area contributed by atoms with Crippen LogP contribution in [-0.2, 0) is 11.2 Å². The van der Waals surface area contributed by atoms with E-state index < -0.39 is 0 Å². The average Bonchev–Trinajstić information content (AvgIpc) is 2.33. The van der Waals surface area contributed by atoms with Crippen LogP contribution in [0.25, 0.3) is 0 Å². The van der Waals surface area contributed by atoms with E-state index in [2.05, 4.69) is 36.1 Å². The van der Waals surface area contributed by atoms with Crippen LogP contribution in [0.5, 0.6) is 0 Å². The molecule has 4 heteroatoms. The molecule has 1 rings (SSSR count). The van der Waals surface area contributed by atoms with Crippen molar-refractivity contribution in [1.29, 1.82) is 0 Å². The Kier molecular flexibility index (Phi) is 6.55. The van der Waals surface area contributed by atoms with E-state index >= 15 is 0 Å². The van der Waals surface area contributed by atoms with E-state index in [1.54, 1.807) is 6.33 Å². The van der Waals surface area contributed by atoms with Crippen LogP contribution in [0.1, 0.15) is 32.9 Å². The first kappa shape index (κ1) is 13.9. The van der Waals surface area contributed by atoms with Gasteiger partial charge in [0.1, 0.15) is 12.1 Å². The van der Waals surface area contributed by atoms with Gasteiger partial charge in [-0.15, -0.1) is 0 Å². The Morgan fingerprint density at radius 1 is 1.35 bits per heavy atom. The highest BCUT2D eigenvalue weighted by atomic mass is 16.5. The Hall–Kier alpha value is -1.16. The molecule has 0 saturated carbocycles. The maximum Gasteiger partial charge on any atom is 0.129 e. The molecular weight excluding hydrogens is 214 g/mol. The summed E-state index contributed by atoms with van der Waals surface area (Å²) >= 11 is 0. The second-order valence-electron chi connectivity index (χ2n) is 4.50. The lowest BCUT2D eigenvalue weighted by molar-refractivity contribution is 0.110. The SMILES string of the molecule is CCc1cc(NCCCOCC(C)C)ncn1. The van der Waals surface area contributed by atoms with Crippen LogP contribution in [0.3, 0.4) is 0 Å². The van der Waals surface area contributed by atoms with Gasteiger partial charge >= 0.3 is 0 Å². The van der Waals surface area contributed by atoms with Crippen molar-refractivity contribution in [3.05, 3.63) is 18.1 Å². The first-order valence-electron chi connectivity index (χ1n) is 6.35. The molecule has 0 aliphatic rings. The molecule has 0 aliphatic heterocycles. The quantitative estimate of drug-likeness (QED) is 0.706. The van der Waals surface area contributed by atoms with Crippen molar-refractivity contribution in [2.75, 3.05) is 25.1 Å². The van der Waals surface area contributed by atoms with Crippen LogP contribution < -0.4 is 5.32 Å². The molecule has 0 spiro atoms. The zero-order valence-corrected chi connectivity index (χ0v) is 11.1. The third-order valence-electron chi connectivity index (χ3n) is 2.31. The summed E-state index contributed by atoms with van der Waals surface area (Å²) in [6.45, 7) is 8.94. The normalized spacial score (nSPS) is 10.8. The molecule has 0 saturated heterocycles. The number of anilines is 1. The zero-order valence-electron chi connectivity index (χ0n) is 11.1. The van der Waals surface area contributed by atoms with Crippen molar-refractivity contribution in [1.82, 2.24) is 9.97 Å². The minimum Gasteiger partial charge on any atom is -0.381 e. The molecule has 0 aliphatic carbocycles. The summed E-state index contributed by atoms with van der Waals surface area (Å²) in [5, 5.41) is 3.28. The number of aryl methyl sites for hydroxylation is 1. The smallest absolute Gasteiger partial charge is 0.129 e. The third kappa shape index (κ3) is 6.22. The number of hydrogen-bond acceptors (Lipinski definition) is 4. The second-order valence-corrected chi connectivity index (χ2v) is 4.50. The summed E-state index contributed by atoms with van der Waals surface area (Å²) in [4.78, 5) is 8.33. The lowest BCUT2D eigenvalue weighted by atomic mass is 10.2. The predicted octanol–water partition coefficient (Wildman–Crippen LogP) is 2.51. The fourth-order valence-corrected chi connectivity index (χ4v) is 1.40. The summed E-state index contributed by atoms with van der Waals surface area (Å²) in [6, 6.07) is 2.00. The Bertz CT molecular complexity index is 315. The molecule has 4 nitrogen and oxygen atoms in total. The van der Waals surface area contributed by atoms with Gasteiger partial charge in [-0.2, -0.15) is 0 Å². The van der Waals surface area contributed by atoms with E-state index in [1.807, 2.05) is 6.07 Å². The van der Waals surface area contributed by atoms with Gasteiger partial charge in [0.15, 0.2) is 0 Å². The molecule has 0 amide bonds. The summed E-state index contributed by atoms with van der Waals surface area (Å²) in [6.07, 6.45) is 3.54. The van der Waals surface area contributed by atoms with E-state index in [-0.39, 0.29) is 0 Å². The molecule has 1 aromatic heterocycles. The Morgan fingerprint density at radius 2 is 2.18 bits per heavy atom. The van der Waals surface area contributed by atoms with Crippen LogP contribution in [0, 0.1) is 5.92 Å². The molecule has 1 aromatic rings. The maximum absolute atomic E-state index is 5.51. The average molecular weight is 237 g/mol. The number of aromatic nitrogens is 2. The van der Waals surface area contributed by atoms with Crippen molar-refractivity contribution in [2.45, 2.75) is 33.6 Å². The lowest BCUT2D eigenvalue weighted by Crippen LogP contribution is -2.09. The summed E-state index contributed by atoms with van der Waals surface area (Å²) < 4.78 is 5.51. The maximum atomic E-state index is 5.51. The number of nitrogens with one attached hydrogen (secondary N) is 1. The van der Waals surface area contributed by atoms with Crippen molar-refractivity contribution < 1.29 is 4.74 Å². The van der Waals surface area contributed by atoms with Gasteiger partial charge in [-0.05, 0) is 18.8 Å². The van der Waals surface area contributed by atoms with Gasteiger partial charge in [0.2, 0.25) is 0 Å². The number of ether oxygens (including phenoxy) is 1. The van der Waals surface area contributed by atoms with Crippen molar-refractivity contribution in [3.8, 4) is 0 Å². The molecule has 0 radical (unpaired) electrons. The standard InChI is InChI=1S/C13H23N3O/c1-4-12-8-13(16-10-15-12)14-6-5-7-17-9-11(2)3/h8,10-11H,4-7,9H2,1-3H3,(H,14,15,16). The first-order valence-corrected chi connectivity index (χ1v) is 6.35. The fourth-order valence-electron chi connectivity index (χ4n) is 1.40. The molecule has 0 unspecified atom stereocenters. The van der Waals surface area contributed by atoms with Gasteiger partial charge in [-0.3, -0.25) is 0 Å². The van der Waals surface area contributed by atoms with Crippen LogP contribution >= 0.6 is 0 Å². The number of hydrogen-bond donors (Lipinski definition) is 1. The predicted molar refractivity (Wildman–Crippen MR) is 70.2 cm³/mol. The summed E-state index contributed by atoms with van der Waals surface area (Å²) in [7, 11) is 0. The molecular formula is C13H23N3O.